The van der Waals surface area contributed by atoms with E-state index in [0.717, 1.165) is 24.1 Å². The van der Waals surface area contributed by atoms with E-state index >= 15 is 0 Å². The molecule has 0 saturated carbocycles. The van der Waals surface area contributed by atoms with Crippen molar-refractivity contribution in [2.24, 2.45) is 0 Å². The zero-order valence-electron chi connectivity index (χ0n) is 21.2. The zero-order valence-corrected chi connectivity index (χ0v) is 23.5. The van der Waals surface area contributed by atoms with Gasteiger partial charge in [0.25, 0.3) is 15.9 Å². The van der Waals surface area contributed by atoms with Crippen LogP contribution in [0.25, 0.3) is 0 Å². The first-order chi connectivity index (χ1) is 18.7. The number of nitrogens with zero attached hydrogens (tertiary/aromatic N) is 3. The van der Waals surface area contributed by atoms with E-state index in [-0.39, 0.29) is 39.4 Å². The van der Waals surface area contributed by atoms with Crippen LogP contribution in [-0.4, -0.2) is 69.3 Å². The molecule has 1 heterocycles. The number of benzene rings is 3. The van der Waals surface area contributed by atoms with E-state index in [9.17, 15) is 18.0 Å². The minimum absolute atomic E-state index is 0.0882. The summed E-state index contributed by atoms with van der Waals surface area (Å²) < 4.78 is 28.0. The summed E-state index contributed by atoms with van der Waals surface area (Å²) in [5, 5.41) is 3.12. The largest absolute Gasteiger partial charge is 0.363 e. The van der Waals surface area contributed by atoms with Gasteiger partial charge in [-0.25, -0.2) is 0 Å². The number of amides is 2. The van der Waals surface area contributed by atoms with Gasteiger partial charge in [0.05, 0.1) is 22.2 Å². The van der Waals surface area contributed by atoms with Crippen molar-refractivity contribution in [3.05, 3.63) is 88.4 Å². The molecule has 4 rings (SSSR count). The number of hydrogen-bond donors (Lipinski definition) is 1. The average molecular weight is 592 g/mol. The third-order valence-electron chi connectivity index (χ3n) is 6.25. The van der Waals surface area contributed by atoms with Gasteiger partial charge in [0.15, 0.2) is 5.75 Å². The van der Waals surface area contributed by atoms with E-state index in [1.807, 2.05) is 0 Å². The Morgan fingerprint density at radius 1 is 0.949 bits per heavy atom. The van der Waals surface area contributed by atoms with Gasteiger partial charge in [-0.05, 0) is 61.1 Å². The van der Waals surface area contributed by atoms with Crippen LogP contribution in [0.15, 0.2) is 77.7 Å². The first-order valence-electron chi connectivity index (χ1n) is 12.3. The van der Waals surface area contributed by atoms with Crippen LogP contribution in [0.5, 0.6) is 5.75 Å². The van der Waals surface area contributed by atoms with Crippen molar-refractivity contribution in [3.8, 4) is 5.75 Å². The van der Waals surface area contributed by atoms with Crippen LogP contribution in [0, 0.1) is 0 Å². The van der Waals surface area contributed by atoms with Crippen molar-refractivity contribution >= 4 is 50.7 Å². The lowest BCUT2D eigenvalue weighted by atomic mass is 10.2. The Balaban J connectivity index is 1.47. The molecule has 0 radical (unpaired) electrons. The molecule has 0 atom stereocenters. The molecule has 9 nitrogen and oxygen atoms in total. The van der Waals surface area contributed by atoms with E-state index in [4.69, 9.17) is 28.0 Å². The van der Waals surface area contributed by atoms with Crippen molar-refractivity contribution in [2.75, 3.05) is 43.7 Å². The molecule has 0 spiro atoms. The predicted molar refractivity (Wildman–Crippen MR) is 151 cm³/mol. The molecule has 12 heteroatoms. The standard InChI is InChI=1S/C27H28Cl2N4O5S/c1-2-31-14-16-32(17-15-31)26(34)19-30-27(35)20-8-11-23(12-9-20)39(36,37)33(22-6-4-3-5-7-22)38-25-13-10-21(28)18-24(25)29/h3-13,18H,2,14-17,19H2,1H3,(H,30,35). The van der Waals surface area contributed by atoms with Crippen LogP contribution < -0.4 is 14.6 Å². The van der Waals surface area contributed by atoms with Crippen molar-refractivity contribution in [2.45, 2.75) is 11.8 Å². The minimum atomic E-state index is -4.25. The van der Waals surface area contributed by atoms with Crippen LogP contribution >= 0.6 is 23.2 Å². The maximum atomic E-state index is 13.6. The van der Waals surface area contributed by atoms with Crippen molar-refractivity contribution in [3.63, 3.8) is 0 Å². The van der Waals surface area contributed by atoms with Crippen LogP contribution in [0.1, 0.15) is 17.3 Å². The summed E-state index contributed by atoms with van der Waals surface area (Å²) >= 11 is 12.2. The number of sulfonamides is 1. The number of nitrogens with one attached hydrogen (secondary N) is 1. The molecule has 206 valence electrons. The quantitative estimate of drug-likeness (QED) is 0.377. The fraction of sp³-hybridized carbons (Fsp3) is 0.259. The van der Waals surface area contributed by atoms with Crippen LogP contribution in [0.3, 0.4) is 0 Å². The maximum Gasteiger partial charge on any atom is 0.295 e. The Bertz CT molecular complexity index is 1410. The summed E-state index contributed by atoms with van der Waals surface area (Å²) in [6, 6.07) is 18.0. The minimum Gasteiger partial charge on any atom is -0.363 e. The molecular weight excluding hydrogens is 563 g/mol. The maximum absolute atomic E-state index is 13.6. The van der Waals surface area contributed by atoms with Gasteiger partial charge in [-0.3, -0.25) is 9.59 Å². The summed E-state index contributed by atoms with van der Waals surface area (Å²) in [7, 11) is -4.25. The normalized spacial score (nSPS) is 14.1. The van der Waals surface area contributed by atoms with Crippen LogP contribution in [-0.2, 0) is 14.8 Å². The van der Waals surface area contributed by atoms with Gasteiger partial charge in [0.1, 0.15) is 0 Å². The Morgan fingerprint density at radius 3 is 2.23 bits per heavy atom. The summed E-state index contributed by atoms with van der Waals surface area (Å²) in [6.45, 7) is 5.74. The van der Waals surface area contributed by atoms with E-state index < -0.39 is 15.9 Å². The molecule has 1 N–H and O–H groups in total. The molecular formula is C27H28Cl2N4O5S. The monoisotopic (exact) mass is 590 g/mol. The molecule has 3 aromatic rings. The number of rotatable bonds is 9. The lowest BCUT2D eigenvalue weighted by molar-refractivity contribution is -0.131. The summed E-state index contributed by atoms with van der Waals surface area (Å²) in [6.07, 6.45) is 0. The van der Waals surface area contributed by atoms with Crippen LogP contribution in [0.4, 0.5) is 5.69 Å². The fourth-order valence-electron chi connectivity index (χ4n) is 3.99. The average Bonchev–Trinajstić information content (AvgIpc) is 2.95. The van der Waals surface area contributed by atoms with E-state index in [2.05, 4.69) is 17.1 Å². The van der Waals surface area contributed by atoms with E-state index in [0.29, 0.717) is 18.1 Å². The van der Waals surface area contributed by atoms with Crippen LogP contribution in [0.2, 0.25) is 10.0 Å². The van der Waals surface area contributed by atoms with Gasteiger partial charge >= 0.3 is 0 Å². The lowest BCUT2D eigenvalue weighted by Gasteiger charge is -2.34. The Labute approximate surface area is 237 Å². The Hall–Kier alpha value is -3.31. The van der Waals surface area contributed by atoms with Crippen molar-refractivity contribution in [1.29, 1.82) is 0 Å². The number of anilines is 1. The molecule has 1 fully saturated rings. The second kappa shape index (κ2) is 12.7. The first kappa shape index (κ1) is 28.7. The highest BCUT2D eigenvalue weighted by Gasteiger charge is 2.29. The summed E-state index contributed by atoms with van der Waals surface area (Å²) in [4.78, 5) is 34.8. The number of likely N-dealkylation sites (N-methyl/N-ethyl adjacent to an activating group) is 1. The van der Waals surface area contributed by atoms with Gasteiger partial charge in [0, 0.05) is 36.8 Å². The van der Waals surface area contributed by atoms with E-state index in [1.165, 1.54) is 42.5 Å². The smallest absolute Gasteiger partial charge is 0.295 e. The summed E-state index contributed by atoms with van der Waals surface area (Å²) in [5.74, 6) is -0.552. The van der Waals surface area contributed by atoms with Gasteiger partial charge < -0.3 is 20.0 Å². The van der Waals surface area contributed by atoms with Gasteiger partial charge in [-0.2, -0.15) is 8.42 Å². The number of carbonyl (C=O) groups excluding carboxylic acids is 2. The first-order valence-corrected chi connectivity index (χ1v) is 14.5. The van der Waals surface area contributed by atoms with Crippen molar-refractivity contribution < 1.29 is 22.8 Å². The molecule has 1 aliphatic rings. The number of carbonyl (C=O) groups is 2. The lowest BCUT2D eigenvalue weighted by Crippen LogP contribution is -2.51. The zero-order chi connectivity index (χ0) is 28.0. The molecule has 0 unspecified atom stereocenters. The number of halogens is 2. The SMILES string of the molecule is CCN1CCN(C(=O)CNC(=O)c2ccc(S(=O)(=O)N(Oc3ccc(Cl)cc3Cl)c3ccccc3)cc2)CC1. The second-order valence-electron chi connectivity index (χ2n) is 8.76. The highest BCUT2D eigenvalue weighted by atomic mass is 35.5. The summed E-state index contributed by atoms with van der Waals surface area (Å²) in [5.41, 5.74) is 0.453. The van der Waals surface area contributed by atoms with Crippen molar-refractivity contribution in [1.82, 2.24) is 15.1 Å². The van der Waals surface area contributed by atoms with Gasteiger partial charge in [0.2, 0.25) is 5.91 Å². The number of piperazine rings is 1. The highest BCUT2D eigenvalue weighted by molar-refractivity contribution is 7.92. The molecule has 0 aromatic heterocycles. The second-order valence-corrected chi connectivity index (χ2v) is 11.4. The molecule has 0 aliphatic carbocycles. The van der Waals surface area contributed by atoms with Gasteiger partial charge in [-0.1, -0.05) is 52.8 Å². The molecule has 1 aliphatic heterocycles. The Morgan fingerprint density at radius 2 is 1.62 bits per heavy atom. The van der Waals surface area contributed by atoms with Gasteiger partial charge in [-0.15, -0.1) is 0 Å². The molecule has 1 saturated heterocycles. The molecule has 2 amide bonds. The third-order valence-corrected chi connectivity index (χ3v) is 8.37. The third kappa shape index (κ3) is 7.02. The predicted octanol–water partition coefficient (Wildman–Crippen LogP) is 4.08. The topological polar surface area (TPSA) is 99.3 Å². The molecule has 39 heavy (non-hydrogen) atoms. The molecule has 0 bridgehead atoms. The number of hydrogen-bond acceptors (Lipinski definition) is 6. The Kier molecular flexibility index (Phi) is 9.34. The number of para-hydroxylation sites is 1. The molecule has 3 aromatic carbocycles. The fourth-order valence-corrected chi connectivity index (χ4v) is 5.68. The van der Waals surface area contributed by atoms with E-state index in [1.54, 1.807) is 35.2 Å². The highest BCUT2D eigenvalue weighted by Crippen LogP contribution is 2.32.